The number of benzene rings is 1. The molecule has 0 saturated carbocycles. The molecule has 5 heteroatoms. The second kappa shape index (κ2) is 6.39. The Bertz CT molecular complexity index is 500. The first kappa shape index (κ1) is 15.0. The first-order valence-electron chi connectivity index (χ1n) is 6.74. The van der Waals surface area contributed by atoms with Crippen molar-refractivity contribution in [2.24, 2.45) is 5.92 Å². The third-order valence-electron chi connectivity index (χ3n) is 3.74. The van der Waals surface area contributed by atoms with Crippen LogP contribution in [0, 0.1) is 5.92 Å². The second-order valence-electron chi connectivity index (χ2n) is 5.37. The van der Waals surface area contributed by atoms with Gasteiger partial charge in [0.2, 0.25) is 5.91 Å². The minimum absolute atomic E-state index is 0.105. The van der Waals surface area contributed by atoms with Gasteiger partial charge < -0.3 is 10.0 Å². The number of halogens is 1. The largest absolute Gasteiger partial charge is 0.480 e. The van der Waals surface area contributed by atoms with Gasteiger partial charge in [-0.2, -0.15) is 0 Å². The summed E-state index contributed by atoms with van der Waals surface area (Å²) in [5.41, 5.74) is 0.904. The number of carbonyl (C=O) groups excluding carboxylic acids is 1. The highest BCUT2D eigenvalue weighted by atomic mass is 79.9. The molecule has 1 aromatic carbocycles. The van der Waals surface area contributed by atoms with Crippen LogP contribution < -0.4 is 0 Å². The molecule has 0 aliphatic carbocycles. The Morgan fingerprint density at radius 3 is 2.60 bits per heavy atom. The molecule has 1 heterocycles. The molecule has 1 aliphatic heterocycles. The Morgan fingerprint density at radius 2 is 2.00 bits per heavy atom. The number of likely N-dealkylation sites (tertiary alicyclic amines) is 1. The van der Waals surface area contributed by atoms with Gasteiger partial charge >= 0.3 is 5.97 Å². The summed E-state index contributed by atoms with van der Waals surface area (Å²) in [7, 11) is 0. The van der Waals surface area contributed by atoms with Crippen molar-refractivity contribution in [2.75, 3.05) is 6.54 Å². The van der Waals surface area contributed by atoms with E-state index in [-0.39, 0.29) is 12.3 Å². The Hall–Kier alpha value is -1.36. The third-order valence-corrected chi connectivity index (χ3v) is 4.27. The fraction of sp³-hybridized carbons (Fsp3) is 0.467. The van der Waals surface area contributed by atoms with Crippen LogP contribution in [0.3, 0.4) is 0 Å². The monoisotopic (exact) mass is 339 g/mol. The van der Waals surface area contributed by atoms with Crippen LogP contribution in [0.2, 0.25) is 0 Å². The minimum Gasteiger partial charge on any atom is -0.480 e. The highest BCUT2D eigenvalue weighted by Crippen LogP contribution is 2.23. The number of aliphatic carboxylic acids is 1. The lowest BCUT2D eigenvalue weighted by atomic mass is 9.92. The molecule has 20 heavy (non-hydrogen) atoms. The molecule has 1 saturated heterocycles. The predicted octanol–water partition coefficient (Wildman–Crippen LogP) is 2.70. The molecular formula is C15H18BrNO3. The van der Waals surface area contributed by atoms with Gasteiger partial charge in [-0.15, -0.1) is 0 Å². The SMILES string of the molecule is CC1CCN(C(=O)Cc2ccc(Br)cc2)C(C(=O)O)C1. The number of carbonyl (C=O) groups is 2. The van der Waals surface area contributed by atoms with Gasteiger partial charge in [0.25, 0.3) is 0 Å². The molecule has 1 aromatic rings. The van der Waals surface area contributed by atoms with E-state index in [0.29, 0.717) is 18.9 Å². The number of hydrogen-bond acceptors (Lipinski definition) is 2. The highest BCUT2D eigenvalue weighted by molar-refractivity contribution is 9.10. The second-order valence-corrected chi connectivity index (χ2v) is 6.29. The van der Waals surface area contributed by atoms with E-state index in [1.54, 1.807) is 0 Å². The number of hydrogen-bond donors (Lipinski definition) is 1. The van der Waals surface area contributed by atoms with Gasteiger partial charge in [-0.1, -0.05) is 35.0 Å². The van der Waals surface area contributed by atoms with Crippen molar-refractivity contribution in [2.45, 2.75) is 32.2 Å². The van der Waals surface area contributed by atoms with Crippen molar-refractivity contribution in [3.8, 4) is 0 Å². The maximum absolute atomic E-state index is 12.3. The lowest BCUT2D eigenvalue weighted by molar-refractivity contribution is -0.152. The molecule has 4 nitrogen and oxygen atoms in total. The summed E-state index contributed by atoms with van der Waals surface area (Å²) in [6, 6.07) is 6.85. The summed E-state index contributed by atoms with van der Waals surface area (Å²) in [5, 5.41) is 9.28. The molecule has 108 valence electrons. The topological polar surface area (TPSA) is 57.6 Å². The molecule has 1 amide bonds. The predicted molar refractivity (Wildman–Crippen MR) is 79.4 cm³/mol. The fourth-order valence-electron chi connectivity index (χ4n) is 2.55. The zero-order valence-electron chi connectivity index (χ0n) is 11.4. The summed E-state index contributed by atoms with van der Waals surface area (Å²) >= 11 is 3.35. The summed E-state index contributed by atoms with van der Waals surface area (Å²) < 4.78 is 0.962. The van der Waals surface area contributed by atoms with Crippen molar-refractivity contribution in [3.05, 3.63) is 34.3 Å². The first-order chi connectivity index (χ1) is 9.47. The van der Waals surface area contributed by atoms with Crippen molar-refractivity contribution >= 4 is 27.8 Å². The number of amides is 1. The van der Waals surface area contributed by atoms with E-state index in [4.69, 9.17) is 0 Å². The summed E-state index contributed by atoms with van der Waals surface area (Å²) in [6.07, 6.45) is 1.67. The molecule has 2 unspecified atom stereocenters. The van der Waals surface area contributed by atoms with Gasteiger partial charge in [-0.3, -0.25) is 4.79 Å². The fourth-order valence-corrected chi connectivity index (χ4v) is 2.82. The van der Waals surface area contributed by atoms with Gasteiger partial charge in [0, 0.05) is 11.0 Å². The number of carboxylic acids is 1. The van der Waals surface area contributed by atoms with E-state index in [2.05, 4.69) is 15.9 Å². The number of piperidine rings is 1. The minimum atomic E-state index is -0.902. The lowest BCUT2D eigenvalue weighted by Crippen LogP contribution is -2.50. The van der Waals surface area contributed by atoms with Crippen LogP contribution in [0.4, 0.5) is 0 Å². The van der Waals surface area contributed by atoms with Crippen molar-refractivity contribution in [3.63, 3.8) is 0 Å². The van der Waals surface area contributed by atoms with Crippen molar-refractivity contribution in [1.82, 2.24) is 4.90 Å². The van der Waals surface area contributed by atoms with Crippen LogP contribution in [-0.4, -0.2) is 34.5 Å². The van der Waals surface area contributed by atoms with Gasteiger partial charge in [0.15, 0.2) is 0 Å². The molecule has 2 atom stereocenters. The lowest BCUT2D eigenvalue weighted by Gasteiger charge is -2.36. The van der Waals surface area contributed by atoms with Crippen LogP contribution in [0.25, 0.3) is 0 Å². The summed E-state index contributed by atoms with van der Waals surface area (Å²) in [6.45, 7) is 2.57. The van der Waals surface area contributed by atoms with Crippen molar-refractivity contribution < 1.29 is 14.7 Å². The molecular weight excluding hydrogens is 322 g/mol. The van der Waals surface area contributed by atoms with Crippen LogP contribution in [-0.2, 0) is 16.0 Å². The van der Waals surface area contributed by atoms with E-state index in [9.17, 15) is 14.7 Å². The van der Waals surface area contributed by atoms with Gasteiger partial charge in [0.05, 0.1) is 6.42 Å². The molecule has 1 aliphatic rings. The van der Waals surface area contributed by atoms with E-state index >= 15 is 0 Å². The molecule has 0 aromatic heterocycles. The number of carboxylic acid groups (broad SMARTS) is 1. The summed E-state index contributed by atoms with van der Waals surface area (Å²) in [4.78, 5) is 25.2. The molecule has 1 N–H and O–H groups in total. The quantitative estimate of drug-likeness (QED) is 0.920. The van der Waals surface area contributed by atoms with Crippen LogP contribution in [0.1, 0.15) is 25.3 Å². The maximum atomic E-state index is 12.3. The molecule has 2 rings (SSSR count). The van der Waals surface area contributed by atoms with E-state index < -0.39 is 12.0 Å². The number of rotatable bonds is 3. The Kier molecular flexibility index (Phi) is 4.81. The van der Waals surface area contributed by atoms with Crippen LogP contribution in [0.15, 0.2) is 28.7 Å². The van der Waals surface area contributed by atoms with Gasteiger partial charge in [0.1, 0.15) is 6.04 Å². The normalized spacial score (nSPS) is 22.6. The van der Waals surface area contributed by atoms with Gasteiger partial charge in [-0.25, -0.2) is 4.79 Å². The molecule has 0 bridgehead atoms. The average molecular weight is 340 g/mol. The van der Waals surface area contributed by atoms with E-state index in [0.717, 1.165) is 16.5 Å². The van der Waals surface area contributed by atoms with Crippen molar-refractivity contribution in [1.29, 1.82) is 0 Å². The number of nitrogens with zero attached hydrogens (tertiary/aromatic N) is 1. The summed E-state index contributed by atoms with van der Waals surface area (Å²) in [5.74, 6) is -0.653. The van der Waals surface area contributed by atoms with E-state index in [1.807, 2.05) is 31.2 Å². The average Bonchev–Trinajstić information content (AvgIpc) is 2.41. The third kappa shape index (κ3) is 3.60. The molecule has 1 fully saturated rings. The molecule has 0 radical (unpaired) electrons. The Balaban J connectivity index is 2.06. The first-order valence-corrected chi connectivity index (χ1v) is 7.53. The van der Waals surface area contributed by atoms with Crippen LogP contribution >= 0.6 is 15.9 Å². The molecule has 0 spiro atoms. The smallest absolute Gasteiger partial charge is 0.326 e. The van der Waals surface area contributed by atoms with E-state index in [1.165, 1.54) is 4.90 Å². The maximum Gasteiger partial charge on any atom is 0.326 e. The Morgan fingerprint density at radius 1 is 1.35 bits per heavy atom. The van der Waals surface area contributed by atoms with Crippen LogP contribution in [0.5, 0.6) is 0 Å². The standard InChI is InChI=1S/C15H18BrNO3/c1-10-6-7-17(13(8-10)15(19)20)14(18)9-11-2-4-12(16)5-3-11/h2-5,10,13H,6-9H2,1H3,(H,19,20). The zero-order valence-corrected chi connectivity index (χ0v) is 13.0. The van der Waals surface area contributed by atoms with Gasteiger partial charge in [-0.05, 0) is 36.5 Å². The Labute approximate surface area is 126 Å². The zero-order chi connectivity index (χ0) is 14.7. The highest BCUT2D eigenvalue weighted by Gasteiger charge is 2.34.